The summed E-state index contributed by atoms with van der Waals surface area (Å²) in [6.07, 6.45) is 0. The number of benzene rings is 2. The first-order valence-electron chi connectivity index (χ1n) is 14.5. The zero-order chi connectivity index (χ0) is 34.6. The third-order valence-corrected chi connectivity index (χ3v) is 11.8. The van der Waals surface area contributed by atoms with Gasteiger partial charge in [-0.15, -0.1) is 0 Å². The Morgan fingerprint density at radius 1 is 0.891 bits per heavy atom. The number of nitrogens with two attached hydrogens (primary N) is 1. The first-order chi connectivity index (χ1) is 21.7. The number of sulfonamides is 2. The molecule has 13 nitrogen and oxygen atoms in total. The average molecular weight is 674 g/mol. The van der Waals surface area contributed by atoms with Gasteiger partial charge in [-0.1, -0.05) is 58.0 Å². The van der Waals surface area contributed by atoms with E-state index in [1.54, 1.807) is 58.0 Å². The molecule has 1 heterocycles. The summed E-state index contributed by atoms with van der Waals surface area (Å²) >= 11 is 0. The SMILES string of the molecule is CCN(CC)S(=O)(=O)c1cc(C)c(N2C(N)=C(C#N)C(c3ccccc3)C(C(=O)OC)=C2C(=O)OC)c(S(=O)(=O)N(CC)CC)c1. The lowest BCUT2D eigenvalue weighted by Crippen LogP contribution is -2.42. The molecule has 0 bridgehead atoms. The number of methoxy groups -OCH3 is 2. The van der Waals surface area contributed by atoms with E-state index in [1.165, 1.54) is 17.3 Å². The Labute approximate surface area is 270 Å². The predicted molar refractivity (Wildman–Crippen MR) is 171 cm³/mol. The van der Waals surface area contributed by atoms with Crippen molar-refractivity contribution in [2.75, 3.05) is 45.3 Å². The van der Waals surface area contributed by atoms with Crippen molar-refractivity contribution < 1.29 is 35.9 Å². The molecule has 0 spiro atoms. The molecule has 1 aliphatic heterocycles. The van der Waals surface area contributed by atoms with Gasteiger partial charge in [0.05, 0.1) is 47.9 Å². The molecule has 1 unspecified atom stereocenters. The van der Waals surface area contributed by atoms with Crippen LogP contribution in [-0.2, 0) is 39.1 Å². The highest BCUT2D eigenvalue weighted by Crippen LogP contribution is 2.46. The van der Waals surface area contributed by atoms with Gasteiger partial charge in [-0.2, -0.15) is 13.9 Å². The number of carbonyl (C=O) groups excluding carboxylic acids is 2. The van der Waals surface area contributed by atoms with E-state index in [2.05, 4.69) is 0 Å². The number of esters is 2. The van der Waals surface area contributed by atoms with Gasteiger partial charge in [0.1, 0.15) is 16.4 Å². The smallest absolute Gasteiger partial charge is 0.355 e. The maximum Gasteiger partial charge on any atom is 0.355 e. The number of rotatable bonds is 12. The number of hydrogen-bond acceptors (Lipinski definition) is 11. The molecule has 46 heavy (non-hydrogen) atoms. The van der Waals surface area contributed by atoms with Crippen LogP contribution in [0.25, 0.3) is 0 Å². The quantitative estimate of drug-likeness (QED) is 0.327. The summed E-state index contributed by atoms with van der Waals surface area (Å²) in [5.41, 5.74) is 5.95. The van der Waals surface area contributed by atoms with Gasteiger partial charge in [-0.25, -0.2) is 26.4 Å². The van der Waals surface area contributed by atoms with Crippen molar-refractivity contribution in [1.82, 2.24) is 8.61 Å². The number of aryl methyl sites for hydroxylation is 1. The molecule has 0 saturated carbocycles. The molecule has 0 radical (unpaired) electrons. The van der Waals surface area contributed by atoms with Crippen molar-refractivity contribution in [2.45, 2.75) is 50.3 Å². The van der Waals surface area contributed by atoms with Crippen molar-refractivity contribution in [3.63, 3.8) is 0 Å². The number of nitrogens with zero attached hydrogens (tertiary/aromatic N) is 4. The highest BCUT2D eigenvalue weighted by molar-refractivity contribution is 7.90. The molecule has 0 aliphatic carbocycles. The first-order valence-corrected chi connectivity index (χ1v) is 17.4. The Morgan fingerprint density at radius 3 is 1.89 bits per heavy atom. The lowest BCUT2D eigenvalue weighted by Gasteiger charge is -2.38. The average Bonchev–Trinajstić information content (AvgIpc) is 3.04. The molecule has 2 aromatic carbocycles. The van der Waals surface area contributed by atoms with E-state index in [9.17, 15) is 31.7 Å². The molecule has 248 valence electrons. The van der Waals surface area contributed by atoms with Gasteiger partial charge in [-0.05, 0) is 30.2 Å². The number of hydrogen-bond donors (Lipinski definition) is 1. The summed E-state index contributed by atoms with van der Waals surface area (Å²) in [5.74, 6) is -3.62. The van der Waals surface area contributed by atoms with E-state index >= 15 is 0 Å². The molecule has 2 aromatic rings. The van der Waals surface area contributed by atoms with Crippen LogP contribution >= 0.6 is 0 Å². The Hall–Kier alpha value is -4.23. The van der Waals surface area contributed by atoms with E-state index in [-0.39, 0.29) is 59.3 Å². The maximum absolute atomic E-state index is 14.3. The van der Waals surface area contributed by atoms with E-state index in [4.69, 9.17) is 15.2 Å². The van der Waals surface area contributed by atoms with Crippen molar-refractivity contribution in [1.29, 1.82) is 5.26 Å². The van der Waals surface area contributed by atoms with Gasteiger partial charge in [0, 0.05) is 26.2 Å². The highest BCUT2D eigenvalue weighted by Gasteiger charge is 2.45. The first kappa shape index (κ1) is 36.2. The van der Waals surface area contributed by atoms with Crippen LogP contribution in [0.3, 0.4) is 0 Å². The van der Waals surface area contributed by atoms with Crippen LogP contribution in [0.5, 0.6) is 0 Å². The van der Waals surface area contributed by atoms with Gasteiger partial charge < -0.3 is 15.2 Å². The minimum absolute atomic E-state index is 0.0301. The summed E-state index contributed by atoms with van der Waals surface area (Å²) in [6, 6.07) is 12.7. The lowest BCUT2D eigenvalue weighted by atomic mass is 9.80. The molecule has 2 N–H and O–H groups in total. The van der Waals surface area contributed by atoms with E-state index in [0.29, 0.717) is 5.56 Å². The fourth-order valence-corrected chi connectivity index (χ4v) is 8.88. The molecular weight excluding hydrogens is 635 g/mol. The van der Waals surface area contributed by atoms with Crippen LogP contribution in [0.1, 0.15) is 44.7 Å². The van der Waals surface area contributed by atoms with Crippen LogP contribution in [0.4, 0.5) is 5.69 Å². The number of allylic oxidation sites excluding steroid dienone is 1. The standard InChI is InChI=1S/C31H39N5O8S2/c1-8-34(9-2)45(39,40)22-17-20(5)27(24(18-22)46(41,42)35(10-3)11-4)36-28(31(38)44-7)26(30(37)43-6)25(23(19-32)29(36)33)21-15-13-12-14-16-21/h12-18,25H,8-11,33H2,1-7H3. The molecule has 0 saturated heterocycles. The van der Waals surface area contributed by atoms with E-state index in [1.807, 2.05) is 6.07 Å². The number of nitriles is 1. The fraction of sp³-hybridized carbons (Fsp3) is 0.387. The minimum Gasteiger partial charge on any atom is -0.466 e. The van der Waals surface area contributed by atoms with Crippen LogP contribution in [0.15, 0.2) is 74.9 Å². The van der Waals surface area contributed by atoms with Crippen molar-refractivity contribution >= 4 is 37.7 Å². The molecule has 1 aliphatic rings. The Bertz CT molecular complexity index is 1820. The molecule has 0 fully saturated rings. The number of ether oxygens (including phenoxy) is 2. The monoisotopic (exact) mass is 673 g/mol. The van der Waals surface area contributed by atoms with E-state index in [0.717, 1.165) is 29.5 Å². The lowest BCUT2D eigenvalue weighted by molar-refractivity contribution is -0.139. The topological polar surface area (TPSA) is 180 Å². The van der Waals surface area contributed by atoms with Gasteiger partial charge >= 0.3 is 11.9 Å². The molecule has 0 aromatic heterocycles. The third kappa shape index (κ3) is 6.25. The molecule has 0 amide bonds. The largest absolute Gasteiger partial charge is 0.466 e. The normalized spacial score (nSPS) is 15.7. The third-order valence-electron chi connectivity index (χ3n) is 7.74. The van der Waals surface area contributed by atoms with Gasteiger partial charge in [0.2, 0.25) is 20.0 Å². The minimum atomic E-state index is -4.48. The van der Waals surface area contributed by atoms with E-state index < -0.39 is 48.5 Å². The van der Waals surface area contributed by atoms with Gasteiger partial charge in [0.25, 0.3) is 0 Å². The molecule has 1 atom stereocenters. The molecular formula is C31H39N5O8S2. The second-order valence-corrected chi connectivity index (χ2v) is 13.9. The zero-order valence-electron chi connectivity index (χ0n) is 26.9. The predicted octanol–water partition coefficient (Wildman–Crippen LogP) is 2.95. The second kappa shape index (κ2) is 14.5. The molecule has 15 heteroatoms. The summed E-state index contributed by atoms with van der Waals surface area (Å²) in [7, 11) is -6.49. The van der Waals surface area contributed by atoms with Crippen molar-refractivity contribution in [2.24, 2.45) is 5.73 Å². The van der Waals surface area contributed by atoms with Crippen molar-refractivity contribution in [3.05, 3.63) is 76.3 Å². The van der Waals surface area contributed by atoms with Crippen LogP contribution in [0, 0.1) is 18.3 Å². The van der Waals surface area contributed by atoms with Crippen LogP contribution < -0.4 is 10.6 Å². The maximum atomic E-state index is 14.3. The summed E-state index contributed by atoms with van der Waals surface area (Å²) in [4.78, 5) is 27.3. The Kier molecular flexibility index (Phi) is 11.4. The summed E-state index contributed by atoms with van der Waals surface area (Å²) in [6.45, 7) is 8.32. The summed E-state index contributed by atoms with van der Waals surface area (Å²) in [5, 5.41) is 10.4. The highest BCUT2D eigenvalue weighted by atomic mass is 32.2. The number of carbonyl (C=O) groups is 2. The molecule has 3 rings (SSSR count). The van der Waals surface area contributed by atoms with Crippen molar-refractivity contribution in [3.8, 4) is 6.07 Å². The van der Waals surface area contributed by atoms with Gasteiger partial charge in [0.15, 0.2) is 0 Å². The summed E-state index contributed by atoms with van der Waals surface area (Å²) < 4.78 is 68.4. The zero-order valence-corrected chi connectivity index (χ0v) is 28.5. The Balaban J connectivity index is 2.64. The van der Waals surface area contributed by atoms with Crippen LogP contribution in [-0.4, -0.2) is 77.8 Å². The van der Waals surface area contributed by atoms with Gasteiger partial charge in [-0.3, -0.25) is 4.90 Å². The Morgan fingerprint density at radius 2 is 1.41 bits per heavy atom. The fourth-order valence-electron chi connectivity index (χ4n) is 5.51. The van der Waals surface area contributed by atoms with Crippen LogP contribution in [0.2, 0.25) is 0 Å². The second-order valence-electron chi connectivity index (χ2n) is 10.1. The number of anilines is 1.